The van der Waals surface area contributed by atoms with E-state index in [1.165, 1.54) is 6.92 Å². The maximum absolute atomic E-state index is 12.4. The third-order valence-electron chi connectivity index (χ3n) is 3.69. The molecule has 0 aliphatic carbocycles. The quantitative estimate of drug-likeness (QED) is 0.818. The summed E-state index contributed by atoms with van der Waals surface area (Å²) in [4.78, 5) is 25.2. The van der Waals surface area contributed by atoms with E-state index in [0.29, 0.717) is 13.0 Å². The lowest BCUT2D eigenvalue weighted by Gasteiger charge is -2.54. The van der Waals surface area contributed by atoms with Crippen LogP contribution in [0.4, 0.5) is 4.79 Å². The van der Waals surface area contributed by atoms with Crippen LogP contribution in [0.25, 0.3) is 0 Å². The van der Waals surface area contributed by atoms with Gasteiger partial charge in [0.2, 0.25) is 0 Å². The maximum atomic E-state index is 12.4. The molecule has 0 aromatic rings. The van der Waals surface area contributed by atoms with Crippen molar-refractivity contribution in [3.8, 4) is 0 Å². The number of nitrogens with zero attached hydrogens (tertiary/aromatic N) is 1. The fourth-order valence-electron chi connectivity index (χ4n) is 3.33. The van der Waals surface area contributed by atoms with Gasteiger partial charge in [-0.3, -0.25) is 4.79 Å². The van der Waals surface area contributed by atoms with Crippen molar-refractivity contribution in [1.29, 1.82) is 0 Å². The Labute approximate surface area is 115 Å². The molecule has 2 amide bonds. The predicted octanol–water partition coefficient (Wildman–Crippen LogP) is 1.66. The van der Waals surface area contributed by atoms with E-state index in [0.717, 1.165) is 12.8 Å². The molecule has 1 saturated heterocycles. The minimum absolute atomic E-state index is 0.0829. The first-order valence-corrected chi connectivity index (χ1v) is 6.89. The summed E-state index contributed by atoms with van der Waals surface area (Å²) in [6.07, 6.45) is 1.95. The van der Waals surface area contributed by atoms with E-state index in [1.54, 1.807) is 0 Å². The largest absolute Gasteiger partial charge is 0.338 e. The van der Waals surface area contributed by atoms with Gasteiger partial charge in [-0.1, -0.05) is 0 Å². The van der Waals surface area contributed by atoms with Crippen LogP contribution in [0.5, 0.6) is 0 Å². The lowest BCUT2D eigenvalue weighted by molar-refractivity contribution is -0.116. The maximum Gasteiger partial charge on any atom is 0.318 e. The van der Waals surface area contributed by atoms with Gasteiger partial charge in [-0.05, 0) is 47.5 Å². The van der Waals surface area contributed by atoms with Crippen molar-refractivity contribution in [3.05, 3.63) is 0 Å². The summed E-state index contributed by atoms with van der Waals surface area (Å²) < 4.78 is 0. The smallest absolute Gasteiger partial charge is 0.318 e. The second-order valence-electron chi connectivity index (χ2n) is 6.81. The summed E-state index contributed by atoms with van der Waals surface area (Å²) in [6.45, 7) is 10.1. The number of nitrogens with one attached hydrogen (secondary N) is 1. The highest BCUT2D eigenvalue weighted by Crippen LogP contribution is 2.37. The van der Waals surface area contributed by atoms with Crippen LogP contribution in [0.1, 0.15) is 53.9 Å². The number of hydrogen-bond donors (Lipinski definition) is 2. The molecule has 0 unspecified atom stereocenters. The summed E-state index contributed by atoms with van der Waals surface area (Å²) in [5.41, 5.74) is 5.53. The van der Waals surface area contributed by atoms with Crippen LogP contribution in [0.15, 0.2) is 0 Å². The monoisotopic (exact) mass is 269 g/mol. The zero-order valence-corrected chi connectivity index (χ0v) is 12.7. The van der Waals surface area contributed by atoms with E-state index in [-0.39, 0.29) is 28.9 Å². The summed E-state index contributed by atoms with van der Waals surface area (Å²) in [7, 11) is 0. The highest BCUT2D eigenvalue weighted by Gasteiger charge is 2.46. The molecular weight excluding hydrogens is 242 g/mol. The van der Waals surface area contributed by atoms with Crippen molar-refractivity contribution in [3.63, 3.8) is 0 Å². The number of likely N-dealkylation sites (tertiary alicyclic amines) is 1. The number of ketones is 1. The molecule has 0 aromatic heterocycles. The van der Waals surface area contributed by atoms with E-state index in [9.17, 15) is 9.59 Å². The molecule has 1 heterocycles. The standard InChI is InChI=1S/C14H27N3O2/c1-10(18)6-7-16-12(19)17-13(2,3)8-11(15)9-14(17,4)5/h11H,6-9,15H2,1-5H3,(H,16,19). The Morgan fingerprint density at radius 3 is 2.11 bits per heavy atom. The number of hydrogen-bond acceptors (Lipinski definition) is 3. The van der Waals surface area contributed by atoms with Gasteiger partial charge in [-0.15, -0.1) is 0 Å². The molecule has 3 N–H and O–H groups in total. The molecular formula is C14H27N3O2. The first kappa shape index (κ1) is 16.0. The van der Waals surface area contributed by atoms with Crippen molar-refractivity contribution in [1.82, 2.24) is 10.2 Å². The van der Waals surface area contributed by atoms with E-state index < -0.39 is 0 Å². The zero-order valence-electron chi connectivity index (χ0n) is 12.7. The Hall–Kier alpha value is -1.10. The van der Waals surface area contributed by atoms with Crippen LogP contribution in [0.2, 0.25) is 0 Å². The van der Waals surface area contributed by atoms with Crippen molar-refractivity contribution in [2.24, 2.45) is 5.73 Å². The van der Waals surface area contributed by atoms with Crippen LogP contribution in [-0.2, 0) is 4.79 Å². The number of nitrogens with two attached hydrogens (primary N) is 1. The van der Waals surface area contributed by atoms with Gasteiger partial charge >= 0.3 is 6.03 Å². The average Bonchev–Trinajstić information content (AvgIpc) is 2.10. The number of rotatable bonds is 3. The van der Waals surface area contributed by atoms with Crippen LogP contribution in [-0.4, -0.2) is 40.4 Å². The fraction of sp³-hybridized carbons (Fsp3) is 0.857. The van der Waals surface area contributed by atoms with Crippen molar-refractivity contribution < 1.29 is 9.59 Å². The Morgan fingerprint density at radius 1 is 1.21 bits per heavy atom. The third-order valence-corrected chi connectivity index (χ3v) is 3.69. The first-order chi connectivity index (χ1) is 8.56. The Balaban J connectivity index is 2.77. The molecule has 0 atom stereocenters. The molecule has 0 saturated carbocycles. The van der Waals surface area contributed by atoms with E-state index >= 15 is 0 Å². The summed E-state index contributed by atoms with van der Waals surface area (Å²) in [5.74, 6) is 0.0829. The third kappa shape index (κ3) is 3.93. The number of amides is 2. The lowest BCUT2D eigenvalue weighted by Crippen LogP contribution is -2.67. The summed E-state index contributed by atoms with van der Waals surface area (Å²) >= 11 is 0. The molecule has 0 spiro atoms. The van der Waals surface area contributed by atoms with Gasteiger partial charge < -0.3 is 16.0 Å². The van der Waals surface area contributed by atoms with E-state index in [2.05, 4.69) is 5.32 Å². The predicted molar refractivity (Wildman–Crippen MR) is 75.9 cm³/mol. The molecule has 1 fully saturated rings. The molecule has 0 aromatic carbocycles. The van der Waals surface area contributed by atoms with Gasteiger partial charge in [0.15, 0.2) is 0 Å². The number of carbonyl (C=O) groups is 2. The zero-order chi connectivity index (χ0) is 14.8. The highest BCUT2D eigenvalue weighted by molar-refractivity contribution is 5.78. The molecule has 1 rings (SSSR count). The minimum Gasteiger partial charge on any atom is -0.338 e. The number of piperidine rings is 1. The van der Waals surface area contributed by atoms with Gasteiger partial charge in [0.05, 0.1) is 0 Å². The van der Waals surface area contributed by atoms with Crippen molar-refractivity contribution >= 4 is 11.8 Å². The summed E-state index contributed by atoms with van der Waals surface area (Å²) in [6, 6.07) is 0.00872. The molecule has 110 valence electrons. The van der Waals surface area contributed by atoms with Crippen LogP contribution >= 0.6 is 0 Å². The van der Waals surface area contributed by atoms with Gasteiger partial charge in [0, 0.05) is 30.1 Å². The molecule has 0 radical (unpaired) electrons. The first-order valence-electron chi connectivity index (χ1n) is 6.89. The van der Waals surface area contributed by atoms with Crippen molar-refractivity contribution in [2.45, 2.75) is 71.0 Å². The molecule has 19 heavy (non-hydrogen) atoms. The van der Waals surface area contributed by atoms with Gasteiger partial charge in [0.25, 0.3) is 0 Å². The number of urea groups is 1. The van der Waals surface area contributed by atoms with Gasteiger partial charge in [-0.25, -0.2) is 4.79 Å². The normalized spacial score (nSPS) is 22.1. The average molecular weight is 269 g/mol. The molecule has 5 nitrogen and oxygen atoms in total. The topological polar surface area (TPSA) is 75.4 Å². The Bertz CT molecular complexity index is 346. The van der Waals surface area contributed by atoms with Gasteiger partial charge in [-0.2, -0.15) is 0 Å². The fourth-order valence-corrected chi connectivity index (χ4v) is 3.33. The number of carbonyl (C=O) groups excluding carboxylic acids is 2. The molecule has 1 aliphatic rings. The second-order valence-corrected chi connectivity index (χ2v) is 6.81. The number of Topliss-reactive ketones (excluding diaryl/α,β-unsaturated/α-hetero) is 1. The van der Waals surface area contributed by atoms with Crippen molar-refractivity contribution in [2.75, 3.05) is 6.54 Å². The van der Waals surface area contributed by atoms with Crippen LogP contribution in [0.3, 0.4) is 0 Å². The van der Waals surface area contributed by atoms with Crippen LogP contribution < -0.4 is 11.1 Å². The molecule has 0 bridgehead atoms. The Kier molecular flexibility index (Phi) is 4.61. The van der Waals surface area contributed by atoms with E-state index in [1.807, 2.05) is 32.6 Å². The highest BCUT2D eigenvalue weighted by atomic mass is 16.2. The summed E-state index contributed by atoms with van der Waals surface area (Å²) in [5, 5.41) is 2.84. The second kappa shape index (κ2) is 5.49. The molecule has 1 aliphatic heterocycles. The van der Waals surface area contributed by atoms with Crippen LogP contribution in [0, 0.1) is 0 Å². The SMILES string of the molecule is CC(=O)CCNC(=O)N1C(C)(C)CC(N)CC1(C)C. The van der Waals surface area contributed by atoms with E-state index in [4.69, 9.17) is 5.73 Å². The van der Waals surface area contributed by atoms with Gasteiger partial charge in [0.1, 0.15) is 5.78 Å². The Morgan fingerprint density at radius 2 is 1.68 bits per heavy atom. The minimum atomic E-state index is -0.276. The molecule has 5 heteroatoms. The lowest BCUT2D eigenvalue weighted by atomic mass is 9.77.